The van der Waals surface area contributed by atoms with E-state index in [4.69, 9.17) is 10.5 Å². The fourth-order valence-electron chi connectivity index (χ4n) is 6.19. The van der Waals surface area contributed by atoms with Crippen molar-refractivity contribution < 1.29 is 19.4 Å². The van der Waals surface area contributed by atoms with Crippen LogP contribution in [0.15, 0.2) is 60.9 Å². The van der Waals surface area contributed by atoms with Gasteiger partial charge >= 0.3 is 5.97 Å². The second-order valence-corrected chi connectivity index (χ2v) is 10.9. The first kappa shape index (κ1) is 28.7. The number of amides is 1. The SMILES string of the molecule is CCCCN(C(=O)CN1C[C@H](c2ccc3c(c2)CCO3)C(C(=O)O)[C@@H]1CCc1ncccn1)c1cccc(CN)c1. The number of unbranched alkanes of at least 4 members (excludes halogenated alkanes) is 1. The van der Waals surface area contributed by atoms with Crippen LogP contribution in [0.25, 0.3) is 0 Å². The molecule has 2 aliphatic heterocycles. The molecule has 1 amide bonds. The number of hydrogen-bond acceptors (Lipinski definition) is 7. The van der Waals surface area contributed by atoms with Gasteiger partial charge in [0.15, 0.2) is 0 Å². The number of hydrogen-bond donors (Lipinski definition) is 2. The smallest absolute Gasteiger partial charge is 0.308 e. The Bertz CT molecular complexity index is 1350. The fourth-order valence-corrected chi connectivity index (χ4v) is 6.19. The van der Waals surface area contributed by atoms with Crippen molar-refractivity contribution in [2.45, 2.75) is 57.5 Å². The minimum absolute atomic E-state index is 0.0410. The maximum Gasteiger partial charge on any atom is 0.308 e. The van der Waals surface area contributed by atoms with Crippen LogP contribution < -0.4 is 15.4 Å². The number of carboxylic acid groups (broad SMARTS) is 1. The first-order valence-corrected chi connectivity index (χ1v) is 14.6. The zero-order chi connectivity index (χ0) is 28.8. The van der Waals surface area contributed by atoms with Crippen molar-refractivity contribution in [2.75, 3.05) is 31.1 Å². The first-order chi connectivity index (χ1) is 20.0. The van der Waals surface area contributed by atoms with Crippen molar-refractivity contribution in [3.8, 4) is 5.75 Å². The summed E-state index contributed by atoms with van der Waals surface area (Å²) in [6.45, 7) is 4.35. The number of carboxylic acids is 1. The molecule has 3 N–H and O–H groups in total. The van der Waals surface area contributed by atoms with Gasteiger partial charge in [-0.25, -0.2) is 9.97 Å². The molecule has 9 nitrogen and oxygen atoms in total. The van der Waals surface area contributed by atoms with Gasteiger partial charge in [0.05, 0.1) is 19.1 Å². The monoisotopic (exact) mass is 557 g/mol. The van der Waals surface area contributed by atoms with Gasteiger partial charge in [0.2, 0.25) is 5.91 Å². The molecule has 1 unspecified atom stereocenters. The number of carbonyl (C=O) groups excluding carboxylic acids is 1. The molecule has 1 aromatic heterocycles. The molecule has 3 heterocycles. The minimum atomic E-state index is -0.848. The maximum absolute atomic E-state index is 14.0. The van der Waals surface area contributed by atoms with Crippen LogP contribution in [0.3, 0.4) is 0 Å². The minimum Gasteiger partial charge on any atom is -0.493 e. The predicted octanol–water partition coefficient (Wildman–Crippen LogP) is 3.80. The van der Waals surface area contributed by atoms with Crippen molar-refractivity contribution in [3.63, 3.8) is 0 Å². The zero-order valence-electron chi connectivity index (χ0n) is 23.6. The standard InChI is InChI=1S/C32H39N5O4/c1-2-3-15-37(25-7-4-6-22(17-25)19-33)30(38)21-36-20-26(23-8-10-28-24(18-23)12-16-41-28)31(32(39)40)27(36)9-11-29-34-13-5-14-35-29/h4-8,10,13-14,17-18,26-27,31H,2-3,9,11-12,15-16,19-21,33H2,1H3,(H,39,40)/t26-,27+,31?/m1/s1. The second-order valence-electron chi connectivity index (χ2n) is 10.9. The van der Waals surface area contributed by atoms with E-state index in [1.807, 2.05) is 41.3 Å². The van der Waals surface area contributed by atoms with Crippen LogP contribution in [0.4, 0.5) is 5.69 Å². The lowest BCUT2D eigenvalue weighted by atomic mass is 9.83. The summed E-state index contributed by atoms with van der Waals surface area (Å²) in [4.78, 5) is 39.4. The molecule has 2 aromatic carbocycles. The van der Waals surface area contributed by atoms with E-state index in [9.17, 15) is 14.7 Å². The number of fused-ring (bicyclic) bond motifs is 1. The lowest BCUT2D eigenvalue weighted by molar-refractivity contribution is -0.143. The Morgan fingerprint density at radius 1 is 1.15 bits per heavy atom. The number of likely N-dealkylation sites (tertiary alicyclic amines) is 1. The number of nitrogens with two attached hydrogens (primary N) is 1. The number of anilines is 1. The van der Waals surface area contributed by atoms with Crippen molar-refractivity contribution in [1.29, 1.82) is 0 Å². The van der Waals surface area contributed by atoms with Crippen LogP contribution in [0, 0.1) is 5.92 Å². The quantitative estimate of drug-likeness (QED) is 0.345. The molecule has 1 saturated heterocycles. The Kier molecular flexibility index (Phi) is 9.26. The number of aromatic nitrogens is 2. The third-order valence-corrected chi connectivity index (χ3v) is 8.29. The molecule has 9 heteroatoms. The topological polar surface area (TPSA) is 122 Å². The van der Waals surface area contributed by atoms with E-state index in [-0.39, 0.29) is 24.4 Å². The normalized spacial score (nSPS) is 20.0. The highest BCUT2D eigenvalue weighted by atomic mass is 16.5. The molecule has 5 rings (SSSR count). The Hall–Kier alpha value is -3.82. The van der Waals surface area contributed by atoms with Gasteiger partial charge < -0.3 is 20.5 Å². The second kappa shape index (κ2) is 13.2. The summed E-state index contributed by atoms with van der Waals surface area (Å²) in [7, 11) is 0. The third kappa shape index (κ3) is 6.57. The van der Waals surface area contributed by atoms with Gasteiger partial charge in [-0.05, 0) is 53.8 Å². The van der Waals surface area contributed by atoms with Crippen LogP contribution in [0.1, 0.15) is 54.6 Å². The molecule has 0 saturated carbocycles. The Balaban J connectivity index is 1.44. The molecule has 3 atom stereocenters. The molecule has 0 spiro atoms. The molecular formula is C32H39N5O4. The van der Waals surface area contributed by atoms with E-state index in [0.717, 1.165) is 47.4 Å². The molecule has 0 aliphatic carbocycles. The van der Waals surface area contributed by atoms with Crippen LogP contribution in [-0.4, -0.2) is 64.1 Å². The lowest BCUT2D eigenvalue weighted by Gasteiger charge is -2.30. The summed E-state index contributed by atoms with van der Waals surface area (Å²) in [5, 5.41) is 10.5. The van der Waals surface area contributed by atoms with E-state index in [0.29, 0.717) is 44.9 Å². The van der Waals surface area contributed by atoms with Gasteiger partial charge in [-0.3, -0.25) is 14.5 Å². The van der Waals surface area contributed by atoms with Gasteiger partial charge in [-0.2, -0.15) is 0 Å². The van der Waals surface area contributed by atoms with Crippen molar-refractivity contribution >= 4 is 17.6 Å². The van der Waals surface area contributed by atoms with Crippen LogP contribution in [-0.2, 0) is 29.0 Å². The average Bonchev–Trinajstić information content (AvgIpc) is 3.61. The number of carbonyl (C=O) groups is 2. The Morgan fingerprint density at radius 2 is 1.98 bits per heavy atom. The summed E-state index contributed by atoms with van der Waals surface area (Å²) in [6.07, 6.45) is 7.10. The molecule has 1 fully saturated rings. The van der Waals surface area contributed by atoms with Crippen LogP contribution in [0.2, 0.25) is 0 Å². The van der Waals surface area contributed by atoms with Crippen molar-refractivity contribution in [1.82, 2.24) is 14.9 Å². The van der Waals surface area contributed by atoms with E-state index in [1.54, 1.807) is 18.5 Å². The highest BCUT2D eigenvalue weighted by Crippen LogP contribution is 2.41. The summed E-state index contributed by atoms with van der Waals surface area (Å²) < 4.78 is 5.69. The Morgan fingerprint density at radius 3 is 2.73 bits per heavy atom. The molecule has 3 aromatic rings. The first-order valence-electron chi connectivity index (χ1n) is 14.6. The molecule has 0 bridgehead atoms. The number of aryl methyl sites for hydroxylation is 1. The molecule has 41 heavy (non-hydrogen) atoms. The highest BCUT2D eigenvalue weighted by molar-refractivity contribution is 5.95. The number of benzene rings is 2. The van der Waals surface area contributed by atoms with Gasteiger partial charge in [-0.15, -0.1) is 0 Å². The number of rotatable bonds is 12. The van der Waals surface area contributed by atoms with E-state index < -0.39 is 11.9 Å². The molecule has 216 valence electrons. The number of aliphatic carboxylic acids is 1. The van der Waals surface area contributed by atoms with Crippen LogP contribution >= 0.6 is 0 Å². The van der Waals surface area contributed by atoms with Gasteiger partial charge in [0.1, 0.15) is 11.6 Å². The van der Waals surface area contributed by atoms with E-state index in [1.165, 1.54) is 0 Å². The van der Waals surface area contributed by atoms with Gasteiger partial charge in [0.25, 0.3) is 0 Å². The Labute approximate surface area is 241 Å². The van der Waals surface area contributed by atoms with Gasteiger partial charge in [-0.1, -0.05) is 37.6 Å². The van der Waals surface area contributed by atoms with Crippen LogP contribution in [0.5, 0.6) is 5.75 Å². The number of nitrogens with zero attached hydrogens (tertiary/aromatic N) is 4. The molecular weight excluding hydrogens is 518 g/mol. The number of ether oxygens (including phenoxy) is 1. The largest absolute Gasteiger partial charge is 0.493 e. The summed E-state index contributed by atoms with van der Waals surface area (Å²) in [5.41, 5.74) is 9.77. The average molecular weight is 558 g/mol. The highest BCUT2D eigenvalue weighted by Gasteiger charge is 2.47. The fraction of sp³-hybridized carbons (Fsp3) is 0.438. The van der Waals surface area contributed by atoms with Crippen molar-refractivity contribution in [2.24, 2.45) is 11.7 Å². The molecule has 0 radical (unpaired) electrons. The van der Waals surface area contributed by atoms with E-state index in [2.05, 4.69) is 27.9 Å². The molecule has 2 aliphatic rings. The van der Waals surface area contributed by atoms with Crippen molar-refractivity contribution in [3.05, 3.63) is 83.4 Å². The zero-order valence-corrected chi connectivity index (χ0v) is 23.6. The van der Waals surface area contributed by atoms with E-state index >= 15 is 0 Å². The lowest BCUT2D eigenvalue weighted by Crippen LogP contribution is -2.44. The summed E-state index contributed by atoms with van der Waals surface area (Å²) in [5.74, 6) is -0.270. The van der Waals surface area contributed by atoms with Gasteiger partial charge in [0, 0.05) is 62.5 Å². The maximum atomic E-state index is 14.0. The third-order valence-electron chi connectivity index (χ3n) is 8.29. The summed E-state index contributed by atoms with van der Waals surface area (Å²) in [6, 6.07) is 15.2. The summed E-state index contributed by atoms with van der Waals surface area (Å²) >= 11 is 0. The predicted molar refractivity (Wildman–Crippen MR) is 157 cm³/mol.